The van der Waals surface area contributed by atoms with Crippen LogP contribution >= 0.6 is 11.3 Å². The molecule has 3 aromatic heterocycles. The van der Waals surface area contributed by atoms with E-state index in [4.69, 9.17) is 5.73 Å². The first-order chi connectivity index (χ1) is 15.7. The van der Waals surface area contributed by atoms with E-state index in [-0.39, 0.29) is 18.1 Å². The van der Waals surface area contributed by atoms with Gasteiger partial charge in [0.1, 0.15) is 16.5 Å². The summed E-state index contributed by atoms with van der Waals surface area (Å²) in [5, 5.41) is 4.44. The Balaban J connectivity index is 1.43. The third-order valence-electron chi connectivity index (χ3n) is 5.16. The van der Waals surface area contributed by atoms with Crippen molar-refractivity contribution in [3.05, 3.63) is 64.8 Å². The van der Waals surface area contributed by atoms with Crippen molar-refractivity contribution in [1.82, 2.24) is 19.4 Å². The highest BCUT2D eigenvalue weighted by atomic mass is 32.1. The average Bonchev–Trinajstić information content (AvgIpc) is 3.37. The molecule has 0 bridgehead atoms. The molecule has 0 saturated carbocycles. The Morgan fingerprint density at radius 3 is 2.61 bits per heavy atom. The highest BCUT2D eigenvalue weighted by Crippen LogP contribution is 2.33. The first-order valence-corrected chi connectivity index (χ1v) is 11.0. The number of anilines is 3. The number of nitrogens with two attached hydrogens (primary N) is 1. The van der Waals surface area contributed by atoms with Gasteiger partial charge in [-0.05, 0) is 30.7 Å². The molecule has 0 saturated heterocycles. The van der Waals surface area contributed by atoms with Crippen LogP contribution < -0.4 is 11.1 Å². The third-order valence-corrected chi connectivity index (χ3v) is 6.30. The van der Waals surface area contributed by atoms with Crippen molar-refractivity contribution >= 4 is 39.3 Å². The Morgan fingerprint density at radius 2 is 1.94 bits per heavy atom. The number of imidazole rings is 1. The number of halogens is 3. The van der Waals surface area contributed by atoms with Crippen molar-refractivity contribution in [3.8, 4) is 0 Å². The number of carbonyl (C=O) groups excluding carboxylic acids is 1. The Bertz CT molecular complexity index is 1300. The smallest absolute Gasteiger partial charge is 0.383 e. The van der Waals surface area contributed by atoms with Crippen molar-refractivity contribution in [2.45, 2.75) is 38.8 Å². The lowest BCUT2D eigenvalue weighted by atomic mass is 10.0. The fourth-order valence-electron chi connectivity index (χ4n) is 3.35. The molecule has 1 aromatic carbocycles. The van der Waals surface area contributed by atoms with Crippen LogP contribution in [0.5, 0.6) is 0 Å². The number of rotatable bonds is 7. The van der Waals surface area contributed by atoms with Crippen molar-refractivity contribution in [2.24, 2.45) is 0 Å². The molecular weight excluding hydrogens is 453 g/mol. The number of alkyl halides is 3. The standard InChI is InChI=1S/C22H21F3N6OS/c1-3-15-20(26)31-11-16(27-9-18(31)30-15)17(32)8-12(2)21-28-10-19(33-21)29-14-6-4-13(5-7-14)22(23,24)25/h4-7,9-12,29H,3,8,26H2,1-2H3. The first kappa shape index (κ1) is 22.7. The topological polar surface area (TPSA) is 98.2 Å². The summed E-state index contributed by atoms with van der Waals surface area (Å²) in [7, 11) is 0. The second kappa shape index (κ2) is 8.81. The van der Waals surface area contributed by atoms with Gasteiger partial charge in [0.05, 0.1) is 28.7 Å². The molecule has 0 fully saturated rings. The Kier molecular flexibility index (Phi) is 6.07. The van der Waals surface area contributed by atoms with E-state index in [0.29, 0.717) is 34.3 Å². The first-order valence-electron chi connectivity index (χ1n) is 10.2. The van der Waals surface area contributed by atoms with E-state index >= 15 is 0 Å². The van der Waals surface area contributed by atoms with Gasteiger partial charge < -0.3 is 11.1 Å². The molecule has 7 nitrogen and oxygen atoms in total. The normalized spacial score (nSPS) is 12.8. The summed E-state index contributed by atoms with van der Waals surface area (Å²) in [6, 6.07) is 4.77. The number of hydrogen-bond donors (Lipinski definition) is 2. The molecular formula is C22H21F3N6OS. The van der Waals surface area contributed by atoms with E-state index in [0.717, 1.165) is 22.8 Å². The number of aryl methyl sites for hydroxylation is 1. The van der Waals surface area contributed by atoms with Crippen molar-refractivity contribution < 1.29 is 18.0 Å². The van der Waals surface area contributed by atoms with Gasteiger partial charge in [0, 0.05) is 24.2 Å². The highest BCUT2D eigenvalue weighted by molar-refractivity contribution is 7.15. The van der Waals surface area contributed by atoms with Crippen molar-refractivity contribution in [1.29, 1.82) is 0 Å². The molecule has 0 aliphatic heterocycles. The summed E-state index contributed by atoms with van der Waals surface area (Å²) in [6.07, 6.45) is 1.23. The fourth-order valence-corrected chi connectivity index (χ4v) is 4.24. The van der Waals surface area contributed by atoms with Gasteiger partial charge in [0.25, 0.3) is 0 Å². The predicted molar refractivity (Wildman–Crippen MR) is 121 cm³/mol. The number of nitrogens with zero attached hydrogens (tertiary/aromatic N) is 4. The Morgan fingerprint density at radius 1 is 1.21 bits per heavy atom. The highest BCUT2D eigenvalue weighted by Gasteiger charge is 2.30. The van der Waals surface area contributed by atoms with Gasteiger partial charge in [-0.25, -0.2) is 15.0 Å². The largest absolute Gasteiger partial charge is 0.416 e. The summed E-state index contributed by atoms with van der Waals surface area (Å²) >= 11 is 1.34. The van der Waals surface area contributed by atoms with E-state index in [1.54, 1.807) is 16.8 Å². The van der Waals surface area contributed by atoms with Gasteiger partial charge in [0.15, 0.2) is 11.4 Å². The third kappa shape index (κ3) is 4.82. The zero-order valence-corrected chi connectivity index (χ0v) is 18.7. The zero-order valence-electron chi connectivity index (χ0n) is 17.8. The fraction of sp³-hybridized carbons (Fsp3) is 0.273. The number of ketones is 1. The molecule has 172 valence electrons. The lowest BCUT2D eigenvalue weighted by Gasteiger charge is -2.08. The molecule has 0 amide bonds. The molecule has 1 unspecified atom stereocenters. The Hall–Kier alpha value is -3.47. The van der Waals surface area contributed by atoms with E-state index in [1.807, 2.05) is 13.8 Å². The van der Waals surface area contributed by atoms with E-state index < -0.39 is 11.7 Å². The van der Waals surface area contributed by atoms with Gasteiger partial charge >= 0.3 is 6.18 Å². The maximum atomic E-state index is 12.8. The summed E-state index contributed by atoms with van der Waals surface area (Å²) in [6.45, 7) is 3.84. The van der Waals surface area contributed by atoms with Gasteiger partial charge in [-0.1, -0.05) is 13.8 Å². The van der Waals surface area contributed by atoms with Gasteiger partial charge in [0.2, 0.25) is 0 Å². The molecule has 11 heteroatoms. The number of nitrogens with one attached hydrogen (secondary N) is 1. The van der Waals surface area contributed by atoms with E-state index in [2.05, 4.69) is 20.3 Å². The summed E-state index contributed by atoms with van der Waals surface area (Å²) in [5.41, 5.74) is 7.54. The lowest BCUT2D eigenvalue weighted by molar-refractivity contribution is -0.137. The molecule has 4 rings (SSSR count). The number of benzene rings is 1. The molecule has 0 aliphatic carbocycles. The number of fused-ring (bicyclic) bond motifs is 1. The van der Waals surface area contributed by atoms with Gasteiger partial charge in [-0.2, -0.15) is 13.2 Å². The molecule has 33 heavy (non-hydrogen) atoms. The lowest BCUT2D eigenvalue weighted by Crippen LogP contribution is -2.09. The minimum Gasteiger partial charge on any atom is -0.383 e. The molecule has 3 N–H and O–H groups in total. The van der Waals surface area contributed by atoms with Gasteiger partial charge in [-0.15, -0.1) is 11.3 Å². The number of thiazole rings is 1. The number of carbonyl (C=O) groups is 1. The molecule has 0 radical (unpaired) electrons. The van der Waals surface area contributed by atoms with Crippen LogP contribution in [0.2, 0.25) is 0 Å². The van der Waals surface area contributed by atoms with Crippen LogP contribution in [0.3, 0.4) is 0 Å². The minimum atomic E-state index is -4.38. The summed E-state index contributed by atoms with van der Waals surface area (Å²) in [4.78, 5) is 25.8. The van der Waals surface area contributed by atoms with E-state index in [9.17, 15) is 18.0 Å². The maximum Gasteiger partial charge on any atom is 0.416 e. The van der Waals surface area contributed by atoms with Gasteiger partial charge in [-0.3, -0.25) is 9.20 Å². The predicted octanol–water partition coefficient (Wildman–Crippen LogP) is 5.47. The van der Waals surface area contributed by atoms with Crippen molar-refractivity contribution in [3.63, 3.8) is 0 Å². The second-order valence-corrected chi connectivity index (χ2v) is 8.65. The van der Waals surface area contributed by atoms with Crippen LogP contribution in [0.4, 0.5) is 29.7 Å². The molecule has 4 aromatic rings. The molecule has 0 spiro atoms. The molecule has 0 aliphatic rings. The van der Waals surface area contributed by atoms with Crippen LogP contribution in [0.15, 0.2) is 42.9 Å². The molecule has 1 atom stereocenters. The van der Waals surface area contributed by atoms with Crippen LogP contribution in [-0.2, 0) is 12.6 Å². The van der Waals surface area contributed by atoms with Crippen LogP contribution in [0.25, 0.3) is 5.65 Å². The second-order valence-electron chi connectivity index (χ2n) is 7.59. The van der Waals surface area contributed by atoms with Crippen LogP contribution in [-0.4, -0.2) is 25.1 Å². The number of hydrogen-bond acceptors (Lipinski definition) is 7. The summed E-state index contributed by atoms with van der Waals surface area (Å²) in [5.74, 6) is 0.174. The average molecular weight is 475 g/mol. The molecule has 3 heterocycles. The van der Waals surface area contributed by atoms with E-state index in [1.165, 1.54) is 29.7 Å². The zero-order chi connectivity index (χ0) is 23.8. The quantitative estimate of drug-likeness (QED) is 0.345. The number of Topliss-reactive ketones (excluding diaryl/α,β-unsaturated/α-hetero) is 1. The number of aromatic nitrogens is 4. The number of nitrogen functional groups attached to an aromatic ring is 1. The van der Waals surface area contributed by atoms with Crippen molar-refractivity contribution in [2.75, 3.05) is 11.1 Å². The summed E-state index contributed by atoms with van der Waals surface area (Å²) < 4.78 is 39.8. The SMILES string of the molecule is CCc1nc2cnc(C(=O)CC(C)c3ncc(Nc4ccc(C(F)(F)F)cc4)s3)cn2c1N. The Labute approximate surface area is 191 Å². The van der Waals surface area contributed by atoms with Crippen LogP contribution in [0, 0.1) is 0 Å². The maximum absolute atomic E-state index is 12.8. The minimum absolute atomic E-state index is 0.150. The van der Waals surface area contributed by atoms with Crippen LogP contribution in [0.1, 0.15) is 52.9 Å². The monoisotopic (exact) mass is 474 g/mol.